The quantitative estimate of drug-likeness (QED) is 0.637. The smallest absolute Gasteiger partial charge is 0.416 e. The van der Waals surface area contributed by atoms with Gasteiger partial charge in [0, 0.05) is 0 Å². The normalized spacial score (nSPS) is 11.3. The molecule has 0 spiro atoms. The highest BCUT2D eigenvalue weighted by molar-refractivity contribution is 5.29. The summed E-state index contributed by atoms with van der Waals surface area (Å²) < 4.78 is 40.7. The predicted molar refractivity (Wildman–Crippen MR) is 36.8 cm³/mol. The Bertz CT molecular complexity index is 267. The summed E-state index contributed by atoms with van der Waals surface area (Å²) in [6.45, 7) is 0. The van der Waals surface area contributed by atoms with E-state index in [0.29, 0.717) is 0 Å². The van der Waals surface area contributed by atoms with Gasteiger partial charge in [0.15, 0.2) is 0 Å². The number of alkyl halides is 3. The highest BCUT2D eigenvalue weighted by Gasteiger charge is 2.30. The van der Waals surface area contributed by atoms with Gasteiger partial charge in [-0.3, -0.25) is 0 Å². The van der Waals surface area contributed by atoms with Gasteiger partial charge < -0.3 is 4.74 Å². The van der Waals surface area contributed by atoms with E-state index >= 15 is 0 Å². The number of rotatable bonds is 1. The third kappa shape index (κ3) is 1.90. The fourth-order valence-electron chi connectivity index (χ4n) is 0.732. The van der Waals surface area contributed by atoms with E-state index in [0.717, 1.165) is 12.1 Å². The van der Waals surface area contributed by atoms with Gasteiger partial charge in [0.1, 0.15) is 5.75 Å². The molecule has 0 aromatic heterocycles. The van der Waals surface area contributed by atoms with Crippen LogP contribution in [0.5, 0.6) is 5.75 Å². The van der Waals surface area contributed by atoms with Gasteiger partial charge in [-0.2, -0.15) is 13.2 Å². The molecule has 0 bridgehead atoms. The first kappa shape index (κ1) is 8.90. The maximum atomic E-state index is 12.0. The molecule has 0 heterocycles. The van der Waals surface area contributed by atoms with Gasteiger partial charge in [-0.1, -0.05) is 0 Å². The SMILES string of the molecule is COc1c[c]cc(C(F)(F)F)c1. The lowest BCUT2D eigenvalue weighted by Gasteiger charge is -2.06. The van der Waals surface area contributed by atoms with Gasteiger partial charge in [-0.05, 0) is 24.3 Å². The molecule has 12 heavy (non-hydrogen) atoms. The molecule has 1 aromatic carbocycles. The van der Waals surface area contributed by atoms with Crippen LogP contribution in [0.3, 0.4) is 0 Å². The number of ether oxygens (including phenoxy) is 1. The van der Waals surface area contributed by atoms with Gasteiger partial charge in [0.25, 0.3) is 0 Å². The third-order valence-electron chi connectivity index (χ3n) is 1.33. The summed E-state index contributed by atoms with van der Waals surface area (Å²) >= 11 is 0. The molecule has 1 nitrogen and oxygen atoms in total. The molecule has 1 rings (SSSR count). The van der Waals surface area contributed by atoms with Crippen LogP contribution in [0.15, 0.2) is 18.2 Å². The fourth-order valence-corrected chi connectivity index (χ4v) is 0.732. The van der Waals surface area contributed by atoms with Gasteiger partial charge in [0.2, 0.25) is 0 Å². The van der Waals surface area contributed by atoms with Crippen molar-refractivity contribution >= 4 is 0 Å². The molecule has 4 heteroatoms. The zero-order chi connectivity index (χ0) is 9.19. The summed E-state index contributed by atoms with van der Waals surface area (Å²) in [5.74, 6) is 0.157. The van der Waals surface area contributed by atoms with E-state index in [2.05, 4.69) is 10.8 Å². The lowest BCUT2D eigenvalue weighted by atomic mass is 10.2. The van der Waals surface area contributed by atoms with Gasteiger partial charge in [-0.25, -0.2) is 0 Å². The Morgan fingerprint density at radius 3 is 2.50 bits per heavy atom. The Hall–Kier alpha value is -1.19. The minimum atomic E-state index is -4.33. The topological polar surface area (TPSA) is 9.23 Å². The zero-order valence-electron chi connectivity index (χ0n) is 6.27. The Labute approximate surface area is 67.8 Å². The summed E-state index contributed by atoms with van der Waals surface area (Å²) in [5.41, 5.74) is -0.748. The van der Waals surface area contributed by atoms with Crippen LogP contribution in [-0.2, 0) is 6.18 Å². The van der Waals surface area contributed by atoms with E-state index in [4.69, 9.17) is 0 Å². The van der Waals surface area contributed by atoms with Crippen LogP contribution in [0.1, 0.15) is 5.56 Å². The second-order valence-electron chi connectivity index (χ2n) is 2.16. The monoisotopic (exact) mass is 175 g/mol. The fraction of sp³-hybridized carbons (Fsp3) is 0.250. The average molecular weight is 175 g/mol. The number of methoxy groups -OCH3 is 1. The van der Waals surface area contributed by atoms with Gasteiger partial charge in [-0.15, -0.1) is 0 Å². The van der Waals surface area contributed by atoms with Crippen LogP contribution in [-0.4, -0.2) is 7.11 Å². The van der Waals surface area contributed by atoms with Crippen molar-refractivity contribution in [2.75, 3.05) is 7.11 Å². The van der Waals surface area contributed by atoms with Crippen molar-refractivity contribution in [3.8, 4) is 5.75 Å². The molecular formula is C8H6F3O. The van der Waals surface area contributed by atoms with E-state index in [1.54, 1.807) is 0 Å². The average Bonchev–Trinajstić information content (AvgIpc) is 2.03. The minimum Gasteiger partial charge on any atom is -0.497 e. The number of hydrogen-bond donors (Lipinski definition) is 0. The summed E-state index contributed by atoms with van der Waals surface area (Å²) in [7, 11) is 1.31. The molecule has 0 N–H and O–H groups in total. The Morgan fingerprint density at radius 1 is 1.33 bits per heavy atom. The van der Waals surface area contributed by atoms with Crippen molar-refractivity contribution in [1.29, 1.82) is 0 Å². The molecule has 65 valence electrons. The summed E-state index contributed by atoms with van der Waals surface area (Å²) in [6, 6.07) is 5.49. The van der Waals surface area contributed by atoms with E-state index < -0.39 is 11.7 Å². The van der Waals surface area contributed by atoms with Gasteiger partial charge in [0.05, 0.1) is 12.7 Å². The Kier molecular flexibility index (Phi) is 2.26. The van der Waals surface area contributed by atoms with Crippen molar-refractivity contribution in [2.45, 2.75) is 6.18 Å². The molecule has 0 unspecified atom stereocenters. The minimum absolute atomic E-state index is 0.157. The van der Waals surface area contributed by atoms with E-state index in [1.807, 2.05) is 0 Å². The maximum Gasteiger partial charge on any atom is 0.416 e. The van der Waals surface area contributed by atoms with Crippen molar-refractivity contribution in [2.24, 2.45) is 0 Å². The van der Waals surface area contributed by atoms with Crippen molar-refractivity contribution in [3.05, 3.63) is 29.8 Å². The maximum absolute atomic E-state index is 12.0. The van der Waals surface area contributed by atoms with Crippen LogP contribution in [0.4, 0.5) is 13.2 Å². The van der Waals surface area contributed by atoms with Crippen LogP contribution in [0.2, 0.25) is 0 Å². The number of halogens is 3. The molecule has 0 atom stereocenters. The van der Waals surface area contributed by atoms with Crippen LogP contribution in [0, 0.1) is 6.07 Å². The summed E-state index contributed by atoms with van der Waals surface area (Å²) in [6.07, 6.45) is -4.33. The number of hydrogen-bond acceptors (Lipinski definition) is 1. The lowest BCUT2D eigenvalue weighted by Crippen LogP contribution is -2.04. The molecule has 0 saturated carbocycles. The van der Waals surface area contributed by atoms with E-state index in [-0.39, 0.29) is 5.75 Å². The zero-order valence-corrected chi connectivity index (χ0v) is 6.27. The van der Waals surface area contributed by atoms with Crippen LogP contribution < -0.4 is 4.74 Å². The van der Waals surface area contributed by atoms with Crippen molar-refractivity contribution in [1.82, 2.24) is 0 Å². The summed E-state index contributed by atoms with van der Waals surface area (Å²) in [5, 5.41) is 0. The van der Waals surface area contributed by atoms with E-state index in [1.165, 1.54) is 13.2 Å². The molecule has 0 aliphatic rings. The van der Waals surface area contributed by atoms with E-state index in [9.17, 15) is 13.2 Å². The first-order valence-corrected chi connectivity index (χ1v) is 3.16. The molecule has 0 amide bonds. The number of benzene rings is 1. The van der Waals surface area contributed by atoms with Gasteiger partial charge >= 0.3 is 6.18 Å². The molecule has 0 saturated heterocycles. The highest BCUT2D eigenvalue weighted by atomic mass is 19.4. The first-order valence-electron chi connectivity index (χ1n) is 3.16. The molecule has 0 aliphatic heterocycles. The van der Waals surface area contributed by atoms with Crippen LogP contribution >= 0.6 is 0 Å². The first-order chi connectivity index (χ1) is 5.54. The standard InChI is InChI=1S/C8H6F3O/c1-12-7-4-2-3-6(5-7)8(9,10)11/h3-5H,1H3. The molecule has 1 radical (unpaired) electrons. The lowest BCUT2D eigenvalue weighted by molar-refractivity contribution is -0.137. The Balaban J connectivity index is 3.02. The second kappa shape index (κ2) is 3.05. The third-order valence-corrected chi connectivity index (χ3v) is 1.33. The van der Waals surface area contributed by atoms with Crippen molar-refractivity contribution < 1.29 is 17.9 Å². The highest BCUT2D eigenvalue weighted by Crippen LogP contribution is 2.30. The molecular weight excluding hydrogens is 169 g/mol. The van der Waals surface area contributed by atoms with Crippen molar-refractivity contribution in [3.63, 3.8) is 0 Å². The largest absolute Gasteiger partial charge is 0.497 e. The summed E-state index contributed by atoms with van der Waals surface area (Å²) in [4.78, 5) is 0. The Morgan fingerprint density at radius 2 is 2.00 bits per heavy atom. The van der Waals surface area contributed by atoms with Crippen LogP contribution in [0.25, 0.3) is 0 Å². The molecule has 0 aliphatic carbocycles. The molecule has 1 aromatic rings. The predicted octanol–water partition coefficient (Wildman–Crippen LogP) is 2.51. The second-order valence-corrected chi connectivity index (χ2v) is 2.16. The molecule has 0 fully saturated rings.